The van der Waals surface area contributed by atoms with Gasteiger partial charge in [0.05, 0.1) is 36.8 Å². The summed E-state index contributed by atoms with van der Waals surface area (Å²) in [5.41, 5.74) is 5.64. The number of ether oxygens (including phenoxy) is 3. The molecule has 3 rings (SSSR count). The monoisotopic (exact) mass is 445 g/mol. The molecule has 0 unspecified atom stereocenters. The van der Waals surface area contributed by atoms with Gasteiger partial charge >= 0.3 is 0 Å². The normalized spacial score (nSPS) is 11.1. The molecule has 0 atom stereocenters. The Balaban J connectivity index is 1.71. The van der Waals surface area contributed by atoms with Gasteiger partial charge in [-0.3, -0.25) is 5.43 Å². The Labute approximate surface area is 185 Å². The van der Waals surface area contributed by atoms with Gasteiger partial charge in [0.1, 0.15) is 5.75 Å². The van der Waals surface area contributed by atoms with Crippen LogP contribution in [0.5, 0.6) is 17.2 Å². The summed E-state index contributed by atoms with van der Waals surface area (Å²) in [6.45, 7) is 6.31. The first-order valence-corrected chi connectivity index (χ1v) is 10.8. The van der Waals surface area contributed by atoms with Crippen molar-refractivity contribution in [2.24, 2.45) is 5.10 Å². The lowest BCUT2D eigenvalue weighted by Gasteiger charge is -2.16. The molecule has 158 valence electrons. The number of hydrazone groups is 1. The number of halogens is 1. The molecule has 0 fully saturated rings. The highest BCUT2D eigenvalue weighted by Crippen LogP contribution is 2.37. The van der Waals surface area contributed by atoms with E-state index < -0.39 is 0 Å². The van der Waals surface area contributed by atoms with Gasteiger partial charge in [0.2, 0.25) is 5.13 Å². The number of thiazole rings is 1. The zero-order valence-electron chi connectivity index (χ0n) is 17.3. The van der Waals surface area contributed by atoms with E-state index in [-0.39, 0.29) is 6.10 Å². The molecule has 0 aliphatic heterocycles. The van der Waals surface area contributed by atoms with Crippen molar-refractivity contribution in [1.29, 1.82) is 0 Å². The number of rotatable bonds is 9. The second kappa shape index (κ2) is 10.3. The van der Waals surface area contributed by atoms with E-state index >= 15 is 0 Å². The first kappa shape index (κ1) is 21.9. The minimum absolute atomic E-state index is 0.00677. The summed E-state index contributed by atoms with van der Waals surface area (Å²) < 4.78 is 16.7. The van der Waals surface area contributed by atoms with Crippen molar-refractivity contribution in [3.05, 3.63) is 52.4 Å². The molecule has 0 radical (unpaired) electrons. The lowest BCUT2D eigenvalue weighted by Crippen LogP contribution is -2.08. The van der Waals surface area contributed by atoms with Crippen LogP contribution >= 0.6 is 22.9 Å². The molecular weight excluding hydrogens is 422 g/mol. The molecule has 1 N–H and O–H groups in total. The highest BCUT2D eigenvalue weighted by Gasteiger charge is 2.13. The largest absolute Gasteiger partial charge is 0.497 e. The van der Waals surface area contributed by atoms with E-state index in [0.717, 1.165) is 22.6 Å². The maximum Gasteiger partial charge on any atom is 0.203 e. The van der Waals surface area contributed by atoms with Crippen LogP contribution in [-0.4, -0.2) is 31.0 Å². The molecule has 2 aromatic carbocycles. The van der Waals surface area contributed by atoms with Crippen molar-refractivity contribution in [3.63, 3.8) is 0 Å². The van der Waals surface area contributed by atoms with Crippen molar-refractivity contribution in [2.45, 2.75) is 26.9 Å². The van der Waals surface area contributed by atoms with Crippen LogP contribution in [0.25, 0.3) is 11.3 Å². The van der Waals surface area contributed by atoms with Gasteiger partial charge in [0, 0.05) is 10.9 Å². The lowest BCUT2D eigenvalue weighted by molar-refractivity contribution is 0.224. The molecule has 0 aliphatic rings. The summed E-state index contributed by atoms with van der Waals surface area (Å²) in [6, 6.07) is 11.4. The van der Waals surface area contributed by atoms with Crippen molar-refractivity contribution < 1.29 is 14.2 Å². The molecule has 1 aromatic heterocycles. The third kappa shape index (κ3) is 5.64. The van der Waals surface area contributed by atoms with Crippen LogP contribution < -0.4 is 19.6 Å². The first-order chi connectivity index (χ1) is 14.5. The van der Waals surface area contributed by atoms with E-state index in [1.54, 1.807) is 19.4 Å². The SMILES string of the molecule is CCOc1cc(/C=N\Nc2nc(-c3ccc(OC)cc3)cs2)cc(Cl)c1OC(C)C. The number of benzene rings is 2. The Morgan fingerprint density at radius 2 is 2.00 bits per heavy atom. The number of hydrogen-bond donors (Lipinski definition) is 1. The maximum absolute atomic E-state index is 6.40. The third-order valence-electron chi connectivity index (χ3n) is 3.95. The molecule has 0 saturated carbocycles. The highest BCUT2D eigenvalue weighted by molar-refractivity contribution is 7.14. The average Bonchev–Trinajstić information content (AvgIpc) is 3.19. The molecule has 0 aliphatic carbocycles. The number of nitrogens with one attached hydrogen (secondary N) is 1. The number of aromatic nitrogens is 1. The minimum atomic E-state index is -0.00677. The molecule has 8 heteroatoms. The number of hydrogen-bond acceptors (Lipinski definition) is 7. The molecule has 3 aromatic rings. The Kier molecular flexibility index (Phi) is 7.54. The van der Waals surface area contributed by atoms with Crippen LogP contribution in [0.4, 0.5) is 5.13 Å². The van der Waals surface area contributed by atoms with Crippen LogP contribution in [0.2, 0.25) is 5.02 Å². The van der Waals surface area contributed by atoms with Crippen molar-refractivity contribution >= 4 is 34.3 Å². The van der Waals surface area contributed by atoms with Crippen molar-refractivity contribution in [2.75, 3.05) is 19.1 Å². The molecule has 0 spiro atoms. The quantitative estimate of drug-likeness (QED) is 0.318. The number of methoxy groups -OCH3 is 1. The highest BCUT2D eigenvalue weighted by atomic mass is 35.5. The van der Waals surface area contributed by atoms with Gasteiger partial charge in [-0.15, -0.1) is 11.3 Å². The van der Waals surface area contributed by atoms with Gasteiger partial charge < -0.3 is 14.2 Å². The molecule has 0 bridgehead atoms. The Morgan fingerprint density at radius 3 is 2.67 bits per heavy atom. The smallest absolute Gasteiger partial charge is 0.203 e. The van der Waals surface area contributed by atoms with Gasteiger partial charge in [-0.25, -0.2) is 4.98 Å². The second-order valence-electron chi connectivity index (χ2n) is 6.57. The predicted octanol–water partition coefficient (Wildman–Crippen LogP) is 6.10. The van der Waals surface area contributed by atoms with Crippen molar-refractivity contribution in [1.82, 2.24) is 4.98 Å². The van der Waals surface area contributed by atoms with Crippen LogP contribution in [0, 0.1) is 0 Å². The first-order valence-electron chi connectivity index (χ1n) is 9.52. The van der Waals surface area contributed by atoms with Crippen molar-refractivity contribution in [3.8, 4) is 28.5 Å². The van der Waals surface area contributed by atoms with Gasteiger partial charge in [-0.2, -0.15) is 5.10 Å². The van der Waals surface area contributed by atoms with Crippen LogP contribution in [0.3, 0.4) is 0 Å². The fraction of sp³-hybridized carbons (Fsp3) is 0.273. The van der Waals surface area contributed by atoms with E-state index in [4.69, 9.17) is 25.8 Å². The number of nitrogens with zero attached hydrogens (tertiary/aromatic N) is 2. The molecular formula is C22H24ClN3O3S. The average molecular weight is 446 g/mol. The van der Waals surface area contributed by atoms with Crippen LogP contribution in [-0.2, 0) is 0 Å². The van der Waals surface area contributed by atoms with E-state index in [2.05, 4.69) is 15.5 Å². The van der Waals surface area contributed by atoms with E-state index in [1.165, 1.54) is 11.3 Å². The zero-order chi connectivity index (χ0) is 21.5. The fourth-order valence-electron chi connectivity index (χ4n) is 2.66. The topological polar surface area (TPSA) is 65.0 Å². The van der Waals surface area contributed by atoms with Gasteiger partial charge in [0.25, 0.3) is 0 Å². The van der Waals surface area contributed by atoms with Crippen LogP contribution in [0.15, 0.2) is 46.9 Å². The third-order valence-corrected chi connectivity index (χ3v) is 4.98. The van der Waals surface area contributed by atoms with E-state index in [1.807, 2.05) is 56.5 Å². The van der Waals surface area contributed by atoms with Gasteiger partial charge in [-0.05, 0) is 62.7 Å². The van der Waals surface area contributed by atoms with Gasteiger partial charge in [-0.1, -0.05) is 11.6 Å². The number of anilines is 1. The summed E-state index contributed by atoms with van der Waals surface area (Å²) in [7, 11) is 1.65. The summed E-state index contributed by atoms with van der Waals surface area (Å²) in [4.78, 5) is 4.56. The second-order valence-corrected chi connectivity index (χ2v) is 7.83. The summed E-state index contributed by atoms with van der Waals surface area (Å²) in [5.74, 6) is 1.95. The van der Waals surface area contributed by atoms with Crippen LogP contribution in [0.1, 0.15) is 26.3 Å². The summed E-state index contributed by atoms with van der Waals surface area (Å²) >= 11 is 7.87. The maximum atomic E-state index is 6.40. The summed E-state index contributed by atoms with van der Waals surface area (Å²) in [5, 5.41) is 7.42. The van der Waals surface area contributed by atoms with Gasteiger partial charge in [0.15, 0.2) is 11.5 Å². The van der Waals surface area contributed by atoms with E-state index in [0.29, 0.717) is 28.3 Å². The molecule has 0 saturated heterocycles. The Hall–Kier alpha value is -2.77. The molecule has 1 heterocycles. The molecule has 30 heavy (non-hydrogen) atoms. The van der Waals surface area contributed by atoms with E-state index in [9.17, 15) is 0 Å². The molecule has 0 amide bonds. The standard InChI is InChI=1S/C22H24ClN3O3S/c1-5-28-20-11-15(10-18(23)21(20)29-14(2)3)12-24-26-22-25-19(13-30-22)16-6-8-17(27-4)9-7-16/h6-14H,5H2,1-4H3,(H,25,26)/b24-12-. The minimum Gasteiger partial charge on any atom is -0.497 e. The molecule has 6 nitrogen and oxygen atoms in total. The predicted molar refractivity (Wildman–Crippen MR) is 124 cm³/mol. The Bertz CT molecular complexity index is 1000. The fourth-order valence-corrected chi connectivity index (χ4v) is 3.59. The summed E-state index contributed by atoms with van der Waals surface area (Å²) in [6.07, 6.45) is 1.66. The lowest BCUT2D eigenvalue weighted by atomic mass is 10.2. The zero-order valence-corrected chi connectivity index (χ0v) is 18.9. The Morgan fingerprint density at radius 1 is 1.23 bits per heavy atom.